The molecule has 4 rings (SSSR count). The van der Waals surface area contributed by atoms with Crippen molar-refractivity contribution < 1.29 is 9.59 Å². The lowest BCUT2D eigenvalue weighted by Gasteiger charge is -2.29. The van der Waals surface area contributed by atoms with E-state index in [9.17, 15) is 9.59 Å². The minimum Gasteiger partial charge on any atom is -0.334 e. The normalized spacial score (nSPS) is 13.1. The summed E-state index contributed by atoms with van der Waals surface area (Å²) in [6.07, 6.45) is 0.855. The predicted molar refractivity (Wildman–Crippen MR) is 120 cm³/mol. The predicted octanol–water partition coefficient (Wildman–Crippen LogP) is 5.26. The van der Waals surface area contributed by atoms with E-state index in [2.05, 4.69) is 31.3 Å². The summed E-state index contributed by atoms with van der Waals surface area (Å²) in [5.74, 6) is 0.0554. The zero-order valence-corrected chi connectivity index (χ0v) is 17.4. The second-order valence-corrected chi connectivity index (χ2v) is 8.02. The Bertz CT molecular complexity index is 1090. The third-order valence-corrected chi connectivity index (χ3v) is 5.62. The molecule has 0 unspecified atom stereocenters. The first-order valence-electron chi connectivity index (χ1n) is 10.4. The van der Waals surface area contributed by atoms with E-state index in [1.54, 1.807) is 24.3 Å². The summed E-state index contributed by atoms with van der Waals surface area (Å²) in [5, 5.41) is 3.00. The number of para-hydroxylation sites is 1. The molecule has 0 saturated heterocycles. The Hall–Kier alpha value is -3.40. The van der Waals surface area contributed by atoms with Gasteiger partial charge in [-0.3, -0.25) is 9.59 Å². The monoisotopic (exact) mass is 398 g/mol. The molecule has 0 aromatic heterocycles. The van der Waals surface area contributed by atoms with Gasteiger partial charge in [0.1, 0.15) is 0 Å². The number of nitrogens with zero attached hydrogens (tertiary/aromatic N) is 1. The first-order valence-corrected chi connectivity index (χ1v) is 10.4. The van der Waals surface area contributed by atoms with E-state index in [1.165, 1.54) is 11.1 Å². The molecule has 2 amide bonds. The molecule has 4 heteroatoms. The van der Waals surface area contributed by atoms with Gasteiger partial charge >= 0.3 is 0 Å². The minimum atomic E-state index is -0.207. The number of rotatable bonds is 4. The van der Waals surface area contributed by atoms with Gasteiger partial charge in [-0.2, -0.15) is 0 Å². The molecule has 1 heterocycles. The number of anilines is 1. The highest BCUT2D eigenvalue weighted by atomic mass is 16.2. The zero-order valence-electron chi connectivity index (χ0n) is 17.4. The first-order chi connectivity index (χ1) is 14.5. The van der Waals surface area contributed by atoms with Crippen molar-refractivity contribution in [3.63, 3.8) is 0 Å². The van der Waals surface area contributed by atoms with Gasteiger partial charge in [-0.25, -0.2) is 0 Å². The van der Waals surface area contributed by atoms with E-state index >= 15 is 0 Å². The van der Waals surface area contributed by atoms with Crippen LogP contribution < -0.4 is 5.32 Å². The average Bonchev–Trinajstić information content (AvgIpc) is 2.78. The molecule has 1 aliphatic rings. The SMILES string of the molecule is CC(C)c1ccccc1NC(=O)c1cccc(C(=O)N2CCc3ccccc3C2)c1. The van der Waals surface area contributed by atoms with E-state index in [0.29, 0.717) is 30.1 Å². The van der Waals surface area contributed by atoms with Crippen molar-refractivity contribution in [1.82, 2.24) is 4.90 Å². The van der Waals surface area contributed by atoms with Gasteiger partial charge in [0.15, 0.2) is 0 Å². The summed E-state index contributed by atoms with van der Waals surface area (Å²) in [6.45, 7) is 5.49. The molecule has 1 aliphatic heterocycles. The van der Waals surface area contributed by atoms with Crippen LogP contribution in [0.15, 0.2) is 72.8 Å². The third-order valence-electron chi connectivity index (χ3n) is 5.62. The fraction of sp³-hybridized carbons (Fsp3) is 0.231. The second-order valence-electron chi connectivity index (χ2n) is 8.02. The van der Waals surface area contributed by atoms with Crippen molar-refractivity contribution in [1.29, 1.82) is 0 Å². The quantitative estimate of drug-likeness (QED) is 0.652. The lowest BCUT2D eigenvalue weighted by molar-refractivity contribution is 0.0734. The van der Waals surface area contributed by atoms with Gasteiger partial charge in [0, 0.05) is 29.9 Å². The number of carbonyl (C=O) groups excluding carboxylic acids is 2. The van der Waals surface area contributed by atoms with Gasteiger partial charge in [0.2, 0.25) is 0 Å². The molecule has 4 nitrogen and oxygen atoms in total. The van der Waals surface area contributed by atoms with Crippen LogP contribution in [-0.2, 0) is 13.0 Å². The standard InChI is InChI=1S/C26H26N2O2/c1-18(2)23-12-5-6-13-24(23)27-25(29)20-10-7-11-21(16-20)26(30)28-15-14-19-8-3-4-9-22(19)17-28/h3-13,16,18H,14-15,17H2,1-2H3,(H,27,29). The number of hydrogen-bond acceptors (Lipinski definition) is 2. The smallest absolute Gasteiger partial charge is 0.255 e. The molecule has 0 radical (unpaired) electrons. The van der Waals surface area contributed by atoms with Crippen molar-refractivity contribution in [3.05, 3.63) is 101 Å². The lowest BCUT2D eigenvalue weighted by atomic mass is 9.99. The van der Waals surface area contributed by atoms with Crippen LogP contribution in [0.1, 0.15) is 57.2 Å². The molecule has 0 aliphatic carbocycles. The van der Waals surface area contributed by atoms with Crippen LogP contribution in [0, 0.1) is 0 Å². The topological polar surface area (TPSA) is 49.4 Å². The molecule has 3 aromatic rings. The van der Waals surface area contributed by atoms with Crippen molar-refractivity contribution >= 4 is 17.5 Å². The maximum Gasteiger partial charge on any atom is 0.255 e. The van der Waals surface area contributed by atoms with Crippen molar-refractivity contribution in [2.75, 3.05) is 11.9 Å². The highest BCUT2D eigenvalue weighted by Gasteiger charge is 2.22. The number of hydrogen-bond donors (Lipinski definition) is 1. The van der Waals surface area contributed by atoms with Crippen LogP contribution in [0.4, 0.5) is 5.69 Å². The summed E-state index contributed by atoms with van der Waals surface area (Å²) in [5.41, 5.74) is 5.41. The van der Waals surface area contributed by atoms with Crippen molar-refractivity contribution in [2.24, 2.45) is 0 Å². The Balaban J connectivity index is 1.52. The van der Waals surface area contributed by atoms with E-state index in [-0.39, 0.29) is 11.8 Å². The molecule has 0 bridgehead atoms. The second kappa shape index (κ2) is 8.54. The number of benzene rings is 3. The number of amides is 2. The Morgan fingerprint density at radius 1 is 0.867 bits per heavy atom. The molecule has 0 saturated carbocycles. The van der Waals surface area contributed by atoms with Crippen LogP contribution in [0.3, 0.4) is 0 Å². The van der Waals surface area contributed by atoms with Gasteiger partial charge < -0.3 is 10.2 Å². The highest BCUT2D eigenvalue weighted by molar-refractivity contribution is 6.06. The maximum absolute atomic E-state index is 13.1. The largest absolute Gasteiger partial charge is 0.334 e. The third kappa shape index (κ3) is 4.13. The van der Waals surface area contributed by atoms with Gasteiger partial charge in [-0.15, -0.1) is 0 Å². The maximum atomic E-state index is 13.1. The molecule has 0 atom stereocenters. The Labute approximate surface area is 177 Å². The summed E-state index contributed by atoms with van der Waals surface area (Å²) in [6, 6.07) is 23.0. The average molecular weight is 399 g/mol. The lowest BCUT2D eigenvalue weighted by Crippen LogP contribution is -2.36. The van der Waals surface area contributed by atoms with Crippen LogP contribution >= 0.6 is 0 Å². The van der Waals surface area contributed by atoms with E-state index in [0.717, 1.165) is 17.7 Å². The van der Waals surface area contributed by atoms with E-state index < -0.39 is 0 Å². The fourth-order valence-electron chi connectivity index (χ4n) is 3.95. The van der Waals surface area contributed by atoms with Gasteiger partial charge in [-0.05, 0) is 53.3 Å². The molecule has 30 heavy (non-hydrogen) atoms. The van der Waals surface area contributed by atoms with Gasteiger partial charge in [0.25, 0.3) is 11.8 Å². The van der Waals surface area contributed by atoms with Crippen LogP contribution in [0.5, 0.6) is 0 Å². The summed E-state index contributed by atoms with van der Waals surface area (Å²) in [4.78, 5) is 27.8. The summed E-state index contributed by atoms with van der Waals surface area (Å²) >= 11 is 0. The highest BCUT2D eigenvalue weighted by Crippen LogP contribution is 2.25. The number of carbonyl (C=O) groups is 2. The Morgan fingerprint density at radius 3 is 2.37 bits per heavy atom. The molecule has 152 valence electrons. The first kappa shape index (κ1) is 19.9. The molecule has 1 N–H and O–H groups in total. The van der Waals surface area contributed by atoms with Gasteiger partial charge in [0.05, 0.1) is 0 Å². The molecular formula is C26H26N2O2. The summed E-state index contributed by atoms with van der Waals surface area (Å²) in [7, 11) is 0. The van der Waals surface area contributed by atoms with Crippen molar-refractivity contribution in [2.45, 2.75) is 32.7 Å². The summed E-state index contributed by atoms with van der Waals surface area (Å²) < 4.78 is 0. The van der Waals surface area contributed by atoms with Gasteiger partial charge in [-0.1, -0.05) is 62.4 Å². The van der Waals surface area contributed by atoms with Crippen molar-refractivity contribution in [3.8, 4) is 0 Å². The fourth-order valence-corrected chi connectivity index (χ4v) is 3.95. The molecule has 0 fully saturated rings. The van der Waals surface area contributed by atoms with E-state index in [4.69, 9.17) is 0 Å². The molecule has 0 spiro atoms. The minimum absolute atomic E-state index is 0.0401. The molecule has 3 aromatic carbocycles. The van der Waals surface area contributed by atoms with Crippen LogP contribution in [0.2, 0.25) is 0 Å². The Kier molecular flexibility index (Phi) is 5.66. The zero-order chi connectivity index (χ0) is 21.1. The van der Waals surface area contributed by atoms with E-state index in [1.807, 2.05) is 41.3 Å². The van der Waals surface area contributed by atoms with Crippen LogP contribution in [-0.4, -0.2) is 23.3 Å². The Morgan fingerprint density at radius 2 is 1.57 bits per heavy atom. The van der Waals surface area contributed by atoms with Crippen LogP contribution in [0.25, 0.3) is 0 Å². The number of nitrogens with one attached hydrogen (secondary N) is 1. The number of fused-ring (bicyclic) bond motifs is 1. The molecular weight excluding hydrogens is 372 g/mol.